The van der Waals surface area contributed by atoms with Crippen LogP contribution >= 0.6 is 11.8 Å². The van der Waals surface area contributed by atoms with Gasteiger partial charge in [0.25, 0.3) is 10.1 Å². The standard InChI is InChI=1S/C7H14N2O4S2/c1-8(2)3-4-9-6(10)5-14-7(9)15(11,12)13/h7H,3-5H2,1-2H3,(H,11,12,13). The smallest absolute Gasteiger partial charge is 0.296 e. The predicted octanol–water partition coefficient (Wildman–Crippen LogP) is -0.705. The van der Waals surface area contributed by atoms with Gasteiger partial charge in [-0.25, -0.2) is 0 Å². The van der Waals surface area contributed by atoms with Gasteiger partial charge in [0, 0.05) is 13.1 Å². The summed E-state index contributed by atoms with van der Waals surface area (Å²) in [6.07, 6.45) is 0. The van der Waals surface area contributed by atoms with Crippen LogP contribution in [0.3, 0.4) is 0 Å². The van der Waals surface area contributed by atoms with Crippen molar-refractivity contribution < 1.29 is 17.8 Å². The monoisotopic (exact) mass is 254 g/mol. The third kappa shape index (κ3) is 3.33. The van der Waals surface area contributed by atoms with E-state index in [4.69, 9.17) is 4.55 Å². The Kier molecular flexibility index (Phi) is 3.99. The average Bonchev–Trinajstić information content (AvgIpc) is 2.42. The van der Waals surface area contributed by atoms with Crippen molar-refractivity contribution in [1.29, 1.82) is 0 Å². The molecule has 88 valence electrons. The maximum atomic E-state index is 11.4. The van der Waals surface area contributed by atoms with Gasteiger partial charge in [-0.15, -0.1) is 11.8 Å². The summed E-state index contributed by atoms with van der Waals surface area (Å²) in [5.41, 5.74) is 0. The van der Waals surface area contributed by atoms with Crippen molar-refractivity contribution in [2.45, 2.75) is 4.71 Å². The van der Waals surface area contributed by atoms with E-state index in [0.717, 1.165) is 11.8 Å². The predicted molar refractivity (Wildman–Crippen MR) is 58.1 cm³/mol. The Morgan fingerprint density at radius 1 is 1.60 bits per heavy atom. The van der Waals surface area contributed by atoms with Crippen LogP contribution in [0.2, 0.25) is 0 Å². The van der Waals surface area contributed by atoms with Gasteiger partial charge in [0.1, 0.15) is 0 Å². The highest BCUT2D eigenvalue weighted by molar-refractivity contribution is 8.12. The van der Waals surface area contributed by atoms with Crippen molar-refractivity contribution in [3.63, 3.8) is 0 Å². The first-order valence-corrected chi connectivity index (χ1v) is 6.89. The second-order valence-corrected chi connectivity index (χ2v) is 6.37. The van der Waals surface area contributed by atoms with E-state index in [1.165, 1.54) is 4.90 Å². The van der Waals surface area contributed by atoms with Crippen molar-refractivity contribution in [3.8, 4) is 0 Å². The van der Waals surface area contributed by atoms with Gasteiger partial charge in [-0.05, 0) is 14.1 Å². The van der Waals surface area contributed by atoms with Gasteiger partial charge >= 0.3 is 0 Å². The number of hydrogen-bond donors (Lipinski definition) is 1. The summed E-state index contributed by atoms with van der Waals surface area (Å²) in [5, 5.41) is 0. The van der Waals surface area contributed by atoms with Crippen molar-refractivity contribution in [3.05, 3.63) is 0 Å². The summed E-state index contributed by atoms with van der Waals surface area (Å²) in [7, 11) is -0.524. The average molecular weight is 254 g/mol. The third-order valence-corrected chi connectivity index (χ3v) is 4.82. The molecule has 1 atom stereocenters. The van der Waals surface area contributed by atoms with Gasteiger partial charge in [-0.3, -0.25) is 9.35 Å². The van der Waals surface area contributed by atoms with Gasteiger partial charge in [0.15, 0.2) is 0 Å². The Hall–Kier alpha value is -0.310. The first-order valence-electron chi connectivity index (χ1n) is 4.34. The molecule has 1 amide bonds. The Balaban J connectivity index is 2.70. The molecule has 8 heteroatoms. The van der Waals surface area contributed by atoms with Crippen LogP contribution in [0.5, 0.6) is 0 Å². The van der Waals surface area contributed by atoms with E-state index >= 15 is 0 Å². The van der Waals surface area contributed by atoms with Gasteiger partial charge in [0.2, 0.25) is 10.6 Å². The molecule has 0 spiro atoms. The lowest BCUT2D eigenvalue weighted by Crippen LogP contribution is -2.41. The summed E-state index contributed by atoms with van der Waals surface area (Å²) in [6.45, 7) is 0.877. The lowest BCUT2D eigenvalue weighted by atomic mass is 10.5. The van der Waals surface area contributed by atoms with E-state index in [0.29, 0.717) is 13.1 Å². The Bertz CT molecular complexity index is 341. The molecule has 1 unspecified atom stereocenters. The molecule has 1 aliphatic heterocycles. The van der Waals surface area contributed by atoms with Crippen LogP contribution in [0, 0.1) is 0 Å². The molecule has 1 fully saturated rings. The Labute approximate surface area is 93.4 Å². The quantitative estimate of drug-likeness (QED) is 0.668. The Morgan fingerprint density at radius 3 is 2.67 bits per heavy atom. The number of thioether (sulfide) groups is 1. The number of nitrogens with zero attached hydrogens (tertiary/aromatic N) is 2. The molecule has 6 nitrogen and oxygen atoms in total. The first-order chi connectivity index (χ1) is 6.82. The summed E-state index contributed by atoms with van der Waals surface area (Å²) in [6, 6.07) is 0. The second-order valence-electron chi connectivity index (χ2n) is 3.52. The molecule has 1 aliphatic rings. The number of hydrogen-bond acceptors (Lipinski definition) is 5. The molecule has 1 N–H and O–H groups in total. The van der Waals surface area contributed by atoms with E-state index < -0.39 is 14.8 Å². The number of carbonyl (C=O) groups excluding carboxylic acids is 1. The summed E-state index contributed by atoms with van der Waals surface area (Å²) in [4.78, 5) is 14.4. The molecule has 0 aromatic heterocycles. The molecule has 0 aromatic rings. The van der Waals surface area contributed by atoms with Crippen LogP contribution in [0.25, 0.3) is 0 Å². The van der Waals surface area contributed by atoms with Gasteiger partial charge in [-0.1, -0.05) is 0 Å². The van der Waals surface area contributed by atoms with E-state index in [-0.39, 0.29) is 11.7 Å². The summed E-state index contributed by atoms with van der Waals surface area (Å²) >= 11 is 0.937. The van der Waals surface area contributed by atoms with E-state index in [1.54, 1.807) is 0 Å². The lowest BCUT2D eigenvalue weighted by Gasteiger charge is -2.22. The summed E-state index contributed by atoms with van der Waals surface area (Å²) in [5.74, 6) is -0.137. The van der Waals surface area contributed by atoms with Crippen LogP contribution < -0.4 is 0 Å². The normalized spacial score (nSPS) is 22.8. The van der Waals surface area contributed by atoms with Gasteiger partial charge in [-0.2, -0.15) is 8.42 Å². The molecule has 0 bridgehead atoms. The molecule has 0 saturated carbocycles. The van der Waals surface area contributed by atoms with Crippen LogP contribution in [0.4, 0.5) is 0 Å². The largest absolute Gasteiger partial charge is 0.313 e. The maximum absolute atomic E-state index is 11.4. The highest BCUT2D eigenvalue weighted by atomic mass is 32.3. The van der Waals surface area contributed by atoms with E-state index in [2.05, 4.69) is 0 Å². The molecule has 15 heavy (non-hydrogen) atoms. The zero-order valence-electron chi connectivity index (χ0n) is 8.58. The fraction of sp³-hybridized carbons (Fsp3) is 0.857. The number of carbonyl (C=O) groups is 1. The molecule has 0 aliphatic carbocycles. The fourth-order valence-electron chi connectivity index (χ4n) is 1.22. The molecular weight excluding hydrogens is 240 g/mol. The van der Waals surface area contributed by atoms with E-state index in [1.807, 2.05) is 19.0 Å². The van der Waals surface area contributed by atoms with Gasteiger partial charge < -0.3 is 9.80 Å². The highest BCUT2D eigenvalue weighted by Gasteiger charge is 2.39. The van der Waals surface area contributed by atoms with Gasteiger partial charge in [0.05, 0.1) is 5.75 Å². The van der Waals surface area contributed by atoms with Crippen LogP contribution in [0.15, 0.2) is 0 Å². The van der Waals surface area contributed by atoms with Crippen molar-refractivity contribution >= 4 is 27.8 Å². The first kappa shape index (κ1) is 12.8. The molecule has 0 radical (unpaired) electrons. The number of likely N-dealkylation sites (N-methyl/N-ethyl adjacent to an activating group) is 1. The minimum Gasteiger partial charge on any atom is -0.313 e. The molecular formula is C7H14N2O4S2. The van der Waals surface area contributed by atoms with Crippen LogP contribution in [0.1, 0.15) is 0 Å². The van der Waals surface area contributed by atoms with Crippen LogP contribution in [-0.4, -0.2) is 66.3 Å². The third-order valence-electron chi connectivity index (χ3n) is 1.97. The minimum atomic E-state index is -4.18. The highest BCUT2D eigenvalue weighted by Crippen LogP contribution is 2.28. The Morgan fingerprint density at radius 2 is 2.20 bits per heavy atom. The van der Waals surface area contributed by atoms with Crippen LogP contribution in [-0.2, 0) is 14.9 Å². The van der Waals surface area contributed by atoms with E-state index in [9.17, 15) is 13.2 Å². The van der Waals surface area contributed by atoms with Crippen molar-refractivity contribution in [2.24, 2.45) is 0 Å². The maximum Gasteiger partial charge on any atom is 0.296 e. The molecule has 1 saturated heterocycles. The fourth-order valence-corrected chi connectivity index (χ4v) is 3.51. The number of amides is 1. The lowest BCUT2D eigenvalue weighted by molar-refractivity contribution is -0.127. The minimum absolute atomic E-state index is 0.109. The van der Waals surface area contributed by atoms with Crippen molar-refractivity contribution in [2.75, 3.05) is 32.9 Å². The number of rotatable bonds is 4. The topological polar surface area (TPSA) is 77.9 Å². The molecule has 1 heterocycles. The summed E-state index contributed by atoms with van der Waals surface area (Å²) < 4.78 is 29.7. The van der Waals surface area contributed by atoms with Crippen molar-refractivity contribution in [1.82, 2.24) is 9.80 Å². The zero-order valence-corrected chi connectivity index (χ0v) is 10.2. The zero-order chi connectivity index (χ0) is 11.6. The molecule has 0 aromatic carbocycles. The molecule has 1 rings (SSSR count). The SMILES string of the molecule is CN(C)CCN1C(=O)CSC1S(=O)(=O)O. The second kappa shape index (κ2) is 4.69.